The number of ether oxygens (including phenoxy) is 3. The molecule has 16 heavy (non-hydrogen) atoms. The molecule has 0 spiro atoms. The minimum Gasteiger partial charge on any atom is -0.496 e. The van der Waals surface area contributed by atoms with Gasteiger partial charge >= 0.3 is 0 Å². The molecule has 0 saturated carbocycles. The first kappa shape index (κ1) is 12.6. The van der Waals surface area contributed by atoms with Crippen LogP contribution < -0.4 is 14.2 Å². The Morgan fingerprint density at radius 3 is 2.12 bits per heavy atom. The van der Waals surface area contributed by atoms with Gasteiger partial charge in [0.2, 0.25) is 0 Å². The van der Waals surface area contributed by atoms with E-state index >= 15 is 0 Å². The molecule has 4 heteroatoms. The zero-order valence-corrected chi connectivity index (χ0v) is 10.1. The van der Waals surface area contributed by atoms with Gasteiger partial charge in [-0.1, -0.05) is 0 Å². The van der Waals surface area contributed by atoms with Crippen molar-refractivity contribution in [3.05, 3.63) is 17.7 Å². The maximum absolute atomic E-state index is 9.20. The first-order valence-electron chi connectivity index (χ1n) is 5.14. The standard InChI is InChI=1S/C12H18O4/c1-8(2)16-12-5-9(7-13)10(14-3)6-11(12)15-4/h5-6,8,13H,7H2,1-4H3. The molecular formula is C12H18O4. The Morgan fingerprint density at radius 1 is 1.06 bits per heavy atom. The average Bonchev–Trinajstić information content (AvgIpc) is 2.27. The van der Waals surface area contributed by atoms with E-state index in [1.165, 1.54) is 0 Å². The van der Waals surface area contributed by atoms with E-state index in [1.54, 1.807) is 26.4 Å². The van der Waals surface area contributed by atoms with Gasteiger partial charge in [0.25, 0.3) is 0 Å². The SMILES string of the molecule is COc1cc(OC)c(OC(C)C)cc1CO. The highest BCUT2D eigenvalue weighted by atomic mass is 16.5. The summed E-state index contributed by atoms with van der Waals surface area (Å²) < 4.78 is 15.9. The van der Waals surface area contributed by atoms with Crippen LogP contribution in [0.15, 0.2) is 12.1 Å². The number of benzene rings is 1. The topological polar surface area (TPSA) is 47.9 Å². The lowest BCUT2D eigenvalue weighted by Crippen LogP contribution is -2.07. The van der Waals surface area contributed by atoms with Gasteiger partial charge in [0.15, 0.2) is 11.5 Å². The lowest BCUT2D eigenvalue weighted by Gasteiger charge is -2.16. The van der Waals surface area contributed by atoms with E-state index in [4.69, 9.17) is 14.2 Å². The van der Waals surface area contributed by atoms with Gasteiger partial charge in [-0.2, -0.15) is 0 Å². The highest BCUT2D eigenvalue weighted by molar-refractivity contribution is 5.50. The minimum atomic E-state index is -0.0956. The molecule has 0 fully saturated rings. The van der Waals surface area contributed by atoms with Crippen LogP contribution in [0.4, 0.5) is 0 Å². The molecule has 0 bridgehead atoms. The van der Waals surface area contributed by atoms with E-state index in [2.05, 4.69) is 0 Å². The second-order valence-corrected chi connectivity index (χ2v) is 3.64. The zero-order valence-electron chi connectivity index (χ0n) is 10.1. The normalized spacial score (nSPS) is 10.4. The van der Waals surface area contributed by atoms with Crippen LogP contribution in [0.3, 0.4) is 0 Å². The van der Waals surface area contributed by atoms with E-state index in [0.717, 1.165) is 0 Å². The van der Waals surface area contributed by atoms with Crippen LogP contribution in [0.5, 0.6) is 17.2 Å². The van der Waals surface area contributed by atoms with Crippen LogP contribution in [-0.2, 0) is 6.61 Å². The van der Waals surface area contributed by atoms with Crippen LogP contribution in [0.1, 0.15) is 19.4 Å². The lowest BCUT2D eigenvalue weighted by molar-refractivity contribution is 0.226. The maximum Gasteiger partial charge on any atom is 0.164 e. The lowest BCUT2D eigenvalue weighted by atomic mass is 10.2. The molecule has 1 rings (SSSR count). The molecule has 0 aliphatic heterocycles. The zero-order chi connectivity index (χ0) is 12.1. The fourth-order valence-electron chi connectivity index (χ4n) is 1.40. The molecule has 0 aliphatic carbocycles. The van der Waals surface area contributed by atoms with Gasteiger partial charge in [-0.15, -0.1) is 0 Å². The molecule has 0 amide bonds. The summed E-state index contributed by atoms with van der Waals surface area (Å²) in [5.74, 6) is 1.81. The van der Waals surface area contributed by atoms with E-state index in [0.29, 0.717) is 22.8 Å². The van der Waals surface area contributed by atoms with Gasteiger partial charge in [-0.3, -0.25) is 0 Å². The van der Waals surface area contributed by atoms with Gasteiger partial charge < -0.3 is 19.3 Å². The van der Waals surface area contributed by atoms with Gasteiger partial charge in [-0.25, -0.2) is 0 Å². The van der Waals surface area contributed by atoms with Crippen molar-refractivity contribution in [2.24, 2.45) is 0 Å². The van der Waals surface area contributed by atoms with E-state index in [1.807, 2.05) is 13.8 Å². The second-order valence-electron chi connectivity index (χ2n) is 3.64. The number of hydrogen-bond donors (Lipinski definition) is 1. The maximum atomic E-state index is 9.20. The van der Waals surface area contributed by atoms with Crippen molar-refractivity contribution < 1.29 is 19.3 Å². The Balaban J connectivity index is 3.15. The Bertz CT molecular complexity index is 347. The molecule has 4 nitrogen and oxygen atoms in total. The van der Waals surface area contributed by atoms with Crippen molar-refractivity contribution in [1.82, 2.24) is 0 Å². The summed E-state index contributed by atoms with van der Waals surface area (Å²) in [6.07, 6.45) is 0.0498. The largest absolute Gasteiger partial charge is 0.496 e. The molecule has 0 aromatic heterocycles. The molecule has 0 saturated heterocycles. The van der Waals surface area contributed by atoms with Crippen molar-refractivity contribution in [2.75, 3.05) is 14.2 Å². The van der Waals surface area contributed by atoms with Crippen molar-refractivity contribution in [3.8, 4) is 17.2 Å². The number of rotatable bonds is 5. The van der Waals surface area contributed by atoms with Crippen molar-refractivity contribution in [3.63, 3.8) is 0 Å². The smallest absolute Gasteiger partial charge is 0.164 e. The fourth-order valence-corrected chi connectivity index (χ4v) is 1.40. The molecule has 0 heterocycles. The highest BCUT2D eigenvalue weighted by Crippen LogP contribution is 2.35. The second kappa shape index (κ2) is 5.61. The molecule has 1 aromatic rings. The van der Waals surface area contributed by atoms with Crippen LogP contribution in [0.25, 0.3) is 0 Å². The van der Waals surface area contributed by atoms with E-state index in [-0.39, 0.29) is 12.7 Å². The monoisotopic (exact) mass is 226 g/mol. The van der Waals surface area contributed by atoms with Gasteiger partial charge in [0.1, 0.15) is 5.75 Å². The summed E-state index contributed by atoms with van der Waals surface area (Å²) in [4.78, 5) is 0. The Morgan fingerprint density at radius 2 is 1.69 bits per heavy atom. The number of aliphatic hydroxyl groups excluding tert-OH is 1. The fraction of sp³-hybridized carbons (Fsp3) is 0.500. The Labute approximate surface area is 95.8 Å². The summed E-state index contributed by atoms with van der Waals surface area (Å²) in [5, 5.41) is 9.20. The summed E-state index contributed by atoms with van der Waals surface area (Å²) >= 11 is 0. The van der Waals surface area contributed by atoms with E-state index < -0.39 is 0 Å². The average molecular weight is 226 g/mol. The quantitative estimate of drug-likeness (QED) is 0.834. The van der Waals surface area contributed by atoms with Crippen LogP contribution in [-0.4, -0.2) is 25.4 Å². The molecule has 0 atom stereocenters. The summed E-state index contributed by atoms with van der Waals surface area (Å²) in [6, 6.07) is 3.45. The summed E-state index contributed by atoms with van der Waals surface area (Å²) in [5.41, 5.74) is 0.680. The predicted octanol–water partition coefficient (Wildman–Crippen LogP) is 1.98. The molecular weight excluding hydrogens is 208 g/mol. The van der Waals surface area contributed by atoms with Crippen LogP contribution in [0, 0.1) is 0 Å². The van der Waals surface area contributed by atoms with Crippen molar-refractivity contribution in [2.45, 2.75) is 26.6 Å². The Hall–Kier alpha value is -1.42. The number of methoxy groups -OCH3 is 2. The third-order valence-corrected chi connectivity index (χ3v) is 2.10. The first-order valence-corrected chi connectivity index (χ1v) is 5.14. The third-order valence-electron chi connectivity index (χ3n) is 2.10. The molecule has 0 unspecified atom stereocenters. The van der Waals surface area contributed by atoms with Crippen LogP contribution in [0.2, 0.25) is 0 Å². The van der Waals surface area contributed by atoms with Crippen molar-refractivity contribution in [1.29, 1.82) is 0 Å². The van der Waals surface area contributed by atoms with Crippen molar-refractivity contribution >= 4 is 0 Å². The number of hydrogen-bond acceptors (Lipinski definition) is 4. The van der Waals surface area contributed by atoms with Gasteiger partial charge in [0, 0.05) is 11.6 Å². The first-order chi connectivity index (χ1) is 7.62. The summed E-state index contributed by atoms with van der Waals surface area (Å²) in [7, 11) is 3.12. The van der Waals surface area contributed by atoms with Gasteiger partial charge in [-0.05, 0) is 19.9 Å². The Kier molecular flexibility index (Phi) is 4.43. The predicted molar refractivity (Wildman–Crippen MR) is 61.2 cm³/mol. The minimum absolute atomic E-state index is 0.0498. The molecule has 1 N–H and O–H groups in total. The van der Waals surface area contributed by atoms with Gasteiger partial charge in [0.05, 0.1) is 26.9 Å². The highest BCUT2D eigenvalue weighted by Gasteiger charge is 2.12. The van der Waals surface area contributed by atoms with Crippen LogP contribution >= 0.6 is 0 Å². The molecule has 0 aliphatic rings. The molecule has 0 radical (unpaired) electrons. The third kappa shape index (κ3) is 2.79. The van der Waals surface area contributed by atoms with E-state index in [9.17, 15) is 5.11 Å². The summed E-state index contributed by atoms with van der Waals surface area (Å²) in [6.45, 7) is 3.77. The molecule has 90 valence electrons. The molecule has 1 aromatic carbocycles. The number of aliphatic hydroxyl groups is 1.